The Morgan fingerprint density at radius 1 is 1.39 bits per heavy atom. The summed E-state index contributed by atoms with van der Waals surface area (Å²) in [6.07, 6.45) is 2.69. The molecule has 3 heterocycles. The molecule has 122 valence electrons. The third-order valence-corrected chi connectivity index (χ3v) is 3.97. The van der Waals surface area contributed by atoms with Crippen LogP contribution in [0.25, 0.3) is 0 Å². The van der Waals surface area contributed by atoms with Crippen molar-refractivity contribution in [2.75, 3.05) is 0 Å². The number of halogens is 1. The summed E-state index contributed by atoms with van der Waals surface area (Å²) in [6.45, 7) is 7.34. The van der Waals surface area contributed by atoms with Gasteiger partial charge in [-0.05, 0) is 0 Å². The maximum absolute atomic E-state index is 12.4. The number of aromatic nitrogens is 3. The average molecular weight is 335 g/mol. The second kappa shape index (κ2) is 5.92. The summed E-state index contributed by atoms with van der Waals surface area (Å²) in [7, 11) is 0. The molecule has 0 atom stereocenters. The van der Waals surface area contributed by atoms with Gasteiger partial charge in [0.15, 0.2) is 5.15 Å². The van der Waals surface area contributed by atoms with Gasteiger partial charge >= 0.3 is 0 Å². The highest BCUT2D eigenvalue weighted by Crippen LogP contribution is 2.25. The monoisotopic (exact) mass is 334 g/mol. The minimum Gasteiger partial charge on any atom is -0.360 e. The second-order valence-corrected chi connectivity index (χ2v) is 7.17. The van der Waals surface area contributed by atoms with E-state index >= 15 is 0 Å². The van der Waals surface area contributed by atoms with Crippen LogP contribution in [0.4, 0.5) is 0 Å². The Bertz CT molecular complexity index is 736. The number of hydrogen-bond acceptors (Lipinski definition) is 5. The fourth-order valence-corrected chi connectivity index (χ4v) is 2.64. The lowest BCUT2D eigenvalue weighted by molar-refractivity contribution is -0.131. The number of amides is 1. The van der Waals surface area contributed by atoms with Gasteiger partial charge < -0.3 is 9.42 Å². The molecule has 1 aliphatic rings. The van der Waals surface area contributed by atoms with Crippen LogP contribution < -0.4 is 0 Å². The molecule has 2 aromatic heterocycles. The van der Waals surface area contributed by atoms with Crippen LogP contribution >= 0.6 is 11.6 Å². The fourth-order valence-electron chi connectivity index (χ4n) is 2.48. The fraction of sp³-hybridized carbons (Fsp3) is 0.500. The van der Waals surface area contributed by atoms with Gasteiger partial charge in [-0.25, -0.2) is 9.97 Å². The van der Waals surface area contributed by atoms with E-state index < -0.39 is 0 Å². The molecular weight excluding hydrogens is 316 g/mol. The molecule has 0 saturated carbocycles. The molecule has 3 rings (SSSR count). The Morgan fingerprint density at radius 2 is 2.17 bits per heavy atom. The predicted molar refractivity (Wildman–Crippen MR) is 84.8 cm³/mol. The number of nitrogens with zero attached hydrogens (tertiary/aromatic N) is 4. The summed E-state index contributed by atoms with van der Waals surface area (Å²) in [4.78, 5) is 23.2. The molecule has 2 aromatic rings. The molecule has 0 aromatic carbocycles. The topological polar surface area (TPSA) is 72.1 Å². The van der Waals surface area contributed by atoms with E-state index in [4.69, 9.17) is 16.1 Å². The van der Waals surface area contributed by atoms with Crippen LogP contribution in [0.1, 0.15) is 50.0 Å². The number of aryl methyl sites for hydroxylation is 1. The molecule has 0 saturated heterocycles. The van der Waals surface area contributed by atoms with E-state index in [1.165, 1.54) is 0 Å². The number of carbonyl (C=O) groups excluding carboxylic acids is 1. The molecule has 0 aliphatic carbocycles. The normalized spacial score (nSPS) is 14.2. The third-order valence-electron chi connectivity index (χ3n) is 3.80. The standard InChI is InChI=1S/C16H19ClN4O2/c1-16(2,3)15-18-7-10-8-21(9-12(10)19-15)14(22)5-4-11-6-13(17)20-23-11/h6-7H,4-5,8-9H2,1-3H3. The molecule has 1 aliphatic heterocycles. The van der Waals surface area contributed by atoms with Crippen LogP contribution in [0, 0.1) is 0 Å². The summed E-state index contributed by atoms with van der Waals surface area (Å²) in [5.74, 6) is 1.49. The van der Waals surface area contributed by atoms with Crippen molar-refractivity contribution in [3.8, 4) is 0 Å². The molecule has 0 unspecified atom stereocenters. The maximum Gasteiger partial charge on any atom is 0.223 e. The van der Waals surface area contributed by atoms with Crippen molar-refractivity contribution in [3.05, 3.63) is 40.3 Å². The molecular formula is C16H19ClN4O2. The van der Waals surface area contributed by atoms with Crippen LogP contribution in [0.5, 0.6) is 0 Å². The quantitative estimate of drug-likeness (QED) is 0.863. The van der Waals surface area contributed by atoms with Crippen LogP contribution in [-0.2, 0) is 29.7 Å². The van der Waals surface area contributed by atoms with Gasteiger partial charge in [0.05, 0.1) is 12.2 Å². The van der Waals surface area contributed by atoms with Gasteiger partial charge in [-0.3, -0.25) is 4.79 Å². The lowest BCUT2D eigenvalue weighted by Gasteiger charge is -2.16. The van der Waals surface area contributed by atoms with E-state index in [1.54, 1.807) is 11.0 Å². The molecule has 7 heteroatoms. The second-order valence-electron chi connectivity index (χ2n) is 6.78. The van der Waals surface area contributed by atoms with Gasteiger partial charge in [0.1, 0.15) is 11.6 Å². The van der Waals surface area contributed by atoms with Gasteiger partial charge in [-0.2, -0.15) is 0 Å². The molecule has 0 spiro atoms. The van der Waals surface area contributed by atoms with E-state index in [1.807, 2.05) is 6.20 Å². The van der Waals surface area contributed by atoms with Crippen molar-refractivity contribution in [2.24, 2.45) is 0 Å². The number of rotatable bonds is 3. The summed E-state index contributed by atoms with van der Waals surface area (Å²) in [5, 5.41) is 3.92. The lowest BCUT2D eigenvalue weighted by atomic mass is 9.95. The van der Waals surface area contributed by atoms with E-state index in [0.29, 0.717) is 36.8 Å². The Balaban J connectivity index is 1.63. The van der Waals surface area contributed by atoms with E-state index in [-0.39, 0.29) is 11.3 Å². The molecule has 1 amide bonds. The smallest absolute Gasteiger partial charge is 0.223 e. The number of hydrogen-bond donors (Lipinski definition) is 0. The highest BCUT2D eigenvalue weighted by atomic mass is 35.5. The number of fused-ring (bicyclic) bond motifs is 1. The third kappa shape index (κ3) is 3.52. The van der Waals surface area contributed by atoms with Crippen LogP contribution in [0.3, 0.4) is 0 Å². The van der Waals surface area contributed by atoms with Crippen LogP contribution in [0.15, 0.2) is 16.8 Å². The minimum atomic E-state index is -0.0992. The first kappa shape index (κ1) is 15.9. The largest absolute Gasteiger partial charge is 0.360 e. The van der Waals surface area contributed by atoms with Gasteiger partial charge in [0.2, 0.25) is 5.91 Å². The predicted octanol–water partition coefficient (Wildman–Crippen LogP) is 2.89. The van der Waals surface area contributed by atoms with Crippen molar-refractivity contribution >= 4 is 17.5 Å². The first-order chi connectivity index (χ1) is 10.8. The zero-order chi connectivity index (χ0) is 16.6. The highest BCUT2D eigenvalue weighted by Gasteiger charge is 2.27. The molecule has 0 N–H and O–H groups in total. The zero-order valence-electron chi connectivity index (χ0n) is 13.5. The van der Waals surface area contributed by atoms with Crippen LogP contribution in [0.2, 0.25) is 5.15 Å². The summed E-state index contributed by atoms with van der Waals surface area (Å²) >= 11 is 5.70. The molecule has 0 radical (unpaired) electrons. The van der Waals surface area contributed by atoms with Crippen molar-refractivity contribution in [1.29, 1.82) is 0 Å². The highest BCUT2D eigenvalue weighted by molar-refractivity contribution is 6.29. The van der Waals surface area contributed by atoms with Gasteiger partial charge in [0.25, 0.3) is 0 Å². The van der Waals surface area contributed by atoms with E-state index in [2.05, 4.69) is 35.9 Å². The van der Waals surface area contributed by atoms with Crippen molar-refractivity contribution in [2.45, 2.75) is 52.1 Å². The first-order valence-corrected chi connectivity index (χ1v) is 7.95. The minimum absolute atomic E-state index is 0.0628. The van der Waals surface area contributed by atoms with Crippen molar-refractivity contribution in [1.82, 2.24) is 20.0 Å². The SMILES string of the molecule is CC(C)(C)c1ncc2c(n1)CN(C(=O)CCc1cc(Cl)no1)C2. The Kier molecular flexibility index (Phi) is 4.10. The summed E-state index contributed by atoms with van der Waals surface area (Å²) in [5.41, 5.74) is 1.87. The molecule has 6 nitrogen and oxygen atoms in total. The summed E-state index contributed by atoms with van der Waals surface area (Å²) < 4.78 is 5.02. The molecule has 0 bridgehead atoms. The Morgan fingerprint density at radius 3 is 2.83 bits per heavy atom. The maximum atomic E-state index is 12.4. The van der Waals surface area contributed by atoms with Gasteiger partial charge in [-0.1, -0.05) is 37.5 Å². The first-order valence-electron chi connectivity index (χ1n) is 7.57. The Hall–Kier alpha value is -1.95. The van der Waals surface area contributed by atoms with E-state index in [0.717, 1.165) is 17.1 Å². The Labute approximate surface area is 139 Å². The van der Waals surface area contributed by atoms with Crippen molar-refractivity contribution < 1.29 is 9.32 Å². The van der Waals surface area contributed by atoms with E-state index in [9.17, 15) is 4.79 Å². The summed E-state index contributed by atoms with van der Waals surface area (Å²) in [6, 6.07) is 1.63. The average Bonchev–Trinajstić information content (AvgIpc) is 3.08. The molecule has 23 heavy (non-hydrogen) atoms. The van der Waals surface area contributed by atoms with Gasteiger partial charge in [0, 0.05) is 42.6 Å². The molecule has 0 fully saturated rings. The number of carbonyl (C=O) groups is 1. The van der Waals surface area contributed by atoms with Gasteiger partial charge in [-0.15, -0.1) is 0 Å². The lowest BCUT2D eigenvalue weighted by Crippen LogP contribution is -2.25. The van der Waals surface area contributed by atoms with Crippen molar-refractivity contribution in [3.63, 3.8) is 0 Å². The zero-order valence-corrected chi connectivity index (χ0v) is 14.2. The van der Waals surface area contributed by atoms with Crippen LogP contribution in [-0.4, -0.2) is 25.9 Å².